The number of rotatable bonds is 8. The fraction of sp³-hybridized carbons (Fsp3) is 0.429. The Labute approximate surface area is 206 Å². The number of nitrogens with zero attached hydrogens (tertiary/aromatic N) is 3. The summed E-state index contributed by atoms with van der Waals surface area (Å²) >= 11 is 6.19. The number of ether oxygens (including phenoxy) is 1. The molecule has 1 aromatic carbocycles. The lowest BCUT2D eigenvalue weighted by Gasteiger charge is -2.18. The van der Waals surface area contributed by atoms with Crippen LogP contribution in [-0.2, 0) is 25.6 Å². The van der Waals surface area contributed by atoms with Crippen LogP contribution in [0.1, 0.15) is 30.3 Å². The van der Waals surface area contributed by atoms with Crippen molar-refractivity contribution < 1.29 is 37.7 Å². The Kier molecular flexibility index (Phi) is 7.38. The number of hydrogen-bond acceptors (Lipinski definition) is 8. The van der Waals surface area contributed by atoms with Gasteiger partial charge in [0.05, 0.1) is 11.4 Å². The Morgan fingerprint density at radius 1 is 1.14 bits per heavy atom. The first-order chi connectivity index (χ1) is 16.3. The van der Waals surface area contributed by atoms with E-state index in [1.54, 1.807) is 12.3 Å². The van der Waals surface area contributed by atoms with Gasteiger partial charge in [0, 0.05) is 11.6 Å². The number of aromatic nitrogens is 3. The lowest BCUT2D eigenvalue weighted by Crippen LogP contribution is -2.35. The normalized spacial score (nSPS) is 24.2. The highest BCUT2D eigenvalue weighted by Crippen LogP contribution is 2.38. The van der Waals surface area contributed by atoms with Gasteiger partial charge in [-0.2, -0.15) is 4.98 Å². The highest BCUT2D eigenvalue weighted by molar-refractivity contribution is 7.97. The molecule has 11 nitrogen and oxygen atoms in total. The molecule has 4 N–H and O–H groups in total. The van der Waals surface area contributed by atoms with Gasteiger partial charge in [0.15, 0.2) is 21.6 Å². The minimum Gasteiger partial charge on any atom is -0.387 e. The molecule has 190 valence electrons. The van der Waals surface area contributed by atoms with Gasteiger partial charge >= 0.3 is 7.60 Å². The van der Waals surface area contributed by atoms with Gasteiger partial charge in [0.2, 0.25) is 5.28 Å². The number of aliphatic hydroxyl groups excluding tert-OH is 2. The second-order valence-electron chi connectivity index (χ2n) is 8.67. The van der Waals surface area contributed by atoms with Crippen LogP contribution in [0.25, 0.3) is 11.0 Å². The predicted octanol–water partition coefficient (Wildman–Crippen LogP) is 1.60. The zero-order chi connectivity index (χ0) is 25.5. The minimum absolute atomic E-state index is 0.0264. The molecule has 0 amide bonds. The molecule has 4 rings (SSSR count). The summed E-state index contributed by atoms with van der Waals surface area (Å²) in [4.78, 5) is 26.6. The van der Waals surface area contributed by atoms with Crippen molar-refractivity contribution in [2.75, 3.05) is 11.2 Å². The van der Waals surface area contributed by atoms with Gasteiger partial charge in [-0.05, 0) is 35.6 Å². The van der Waals surface area contributed by atoms with Gasteiger partial charge in [0.1, 0.15) is 24.0 Å². The van der Waals surface area contributed by atoms with Crippen LogP contribution in [0.15, 0.2) is 42.6 Å². The SMILES string of the molecule is C[C@H](Cc1nc(Cl)nc2c1ccn2[C@@H]1O[C@H](CS(=O)(=O)CP(=O)(O)O)[C@@H](O)[C@H]1O)c1ccccc1. The molecule has 0 bridgehead atoms. The molecule has 0 aliphatic carbocycles. The average molecular weight is 546 g/mol. The summed E-state index contributed by atoms with van der Waals surface area (Å²) in [5.41, 5.74) is 0.733. The standard InChI is InChI=1S/C21H25ClN3O8PS/c1-12(13-5-3-2-4-6-13)9-15-14-7-8-25(19(14)24-21(22)23-15)20-18(27)17(26)16(33-20)10-35(31,32)11-34(28,29)30/h2-8,12,16-18,20,26-27H,9-11H2,1H3,(H2,28,29,30)/t12-,16-,17-,18-,20-/m1/s1. The third-order valence-corrected chi connectivity index (χ3v) is 9.81. The largest absolute Gasteiger partial charge is 0.387 e. The first kappa shape index (κ1) is 26.2. The van der Waals surface area contributed by atoms with E-state index in [9.17, 15) is 23.2 Å². The van der Waals surface area contributed by atoms with Gasteiger partial charge in [-0.15, -0.1) is 0 Å². The number of hydrogen-bond donors (Lipinski definition) is 4. The van der Waals surface area contributed by atoms with Gasteiger partial charge in [-0.3, -0.25) is 4.57 Å². The maximum atomic E-state index is 12.2. The smallest absolute Gasteiger partial charge is 0.340 e. The van der Waals surface area contributed by atoms with Crippen molar-refractivity contribution in [3.05, 3.63) is 59.1 Å². The first-order valence-electron chi connectivity index (χ1n) is 10.7. The number of fused-ring (bicyclic) bond motifs is 1. The molecule has 1 fully saturated rings. The molecular formula is C21H25ClN3O8PS. The Bertz CT molecular complexity index is 1360. The number of aliphatic hydroxyl groups is 2. The van der Waals surface area contributed by atoms with Crippen LogP contribution in [0.2, 0.25) is 5.28 Å². The molecule has 0 saturated carbocycles. The number of benzene rings is 1. The Hall–Kier alpha value is -1.89. The zero-order valence-electron chi connectivity index (χ0n) is 18.5. The second-order valence-corrected chi connectivity index (χ2v) is 13.2. The van der Waals surface area contributed by atoms with Crippen LogP contribution < -0.4 is 0 Å². The summed E-state index contributed by atoms with van der Waals surface area (Å²) in [6.07, 6.45) is -3.63. The van der Waals surface area contributed by atoms with Crippen molar-refractivity contribution in [1.82, 2.24) is 14.5 Å². The highest BCUT2D eigenvalue weighted by Gasteiger charge is 2.46. The first-order valence-corrected chi connectivity index (χ1v) is 14.7. The molecule has 0 unspecified atom stereocenters. The van der Waals surface area contributed by atoms with Crippen LogP contribution in [0.5, 0.6) is 0 Å². The number of sulfone groups is 1. The second kappa shape index (κ2) is 9.87. The van der Waals surface area contributed by atoms with E-state index in [2.05, 4.69) is 16.9 Å². The third-order valence-electron chi connectivity index (χ3n) is 5.89. The fourth-order valence-electron chi connectivity index (χ4n) is 4.27. The molecule has 1 aliphatic rings. The summed E-state index contributed by atoms with van der Waals surface area (Å²) in [5.74, 6) is -0.755. The topological polar surface area (TPSA) is 172 Å². The van der Waals surface area contributed by atoms with Crippen LogP contribution >= 0.6 is 19.2 Å². The molecule has 1 aliphatic heterocycles. The van der Waals surface area contributed by atoms with Gasteiger partial charge in [-0.25, -0.2) is 13.4 Å². The van der Waals surface area contributed by atoms with Crippen LogP contribution in [0.4, 0.5) is 0 Å². The molecule has 3 heterocycles. The van der Waals surface area contributed by atoms with E-state index < -0.39 is 53.2 Å². The van der Waals surface area contributed by atoms with Crippen LogP contribution in [-0.4, -0.2) is 72.5 Å². The molecule has 1 saturated heterocycles. The maximum Gasteiger partial charge on any atom is 0.340 e. The molecular weight excluding hydrogens is 521 g/mol. The molecule has 3 aromatic rings. The van der Waals surface area contributed by atoms with E-state index in [0.717, 1.165) is 5.56 Å². The molecule has 5 atom stereocenters. The molecule has 14 heteroatoms. The van der Waals surface area contributed by atoms with E-state index in [4.69, 9.17) is 26.1 Å². The van der Waals surface area contributed by atoms with E-state index >= 15 is 0 Å². The quantitative estimate of drug-likeness (QED) is 0.240. The summed E-state index contributed by atoms with van der Waals surface area (Å²) in [7, 11) is -9.13. The highest BCUT2D eigenvalue weighted by atomic mass is 35.5. The Morgan fingerprint density at radius 2 is 1.83 bits per heavy atom. The van der Waals surface area contributed by atoms with E-state index in [0.29, 0.717) is 23.1 Å². The van der Waals surface area contributed by atoms with Crippen LogP contribution in [0, 0.1) is 0 Å². The van der Waals surface area contributed by atoms with Gasteiger partial charge in [-0.1, -0.05) is 37.3 Å². The van der Waals surface area contributed by atoms with Gasteiger partial charge < -0.3 is 29.3 Å². The summed E-state index contributed by atoms with van der Waals surface area (Å²) < 4.78 is 42.5. The lowest BCUT2D eigenvalue weighted by molar-refractivity contribution is -0.0288. The summed E-state index contributed by atoms with van der Waals surface area (Å²) in [6.45, 7) is 2.05. The van der Waals surface area contributed by atoms with Crippen molar-refractivity contribution in [2.45, 2.75) is 43.8 Å². The monoisotopic (exact) mass is 545 g/mol. The maximum absolute atomic E-state index is 12.2. The lowest BCUT2D eigenvalue weighted by atomic mass is 9.95. The molecule has 2 aromatic heterocycles. The fourth-order valence-corrected chi connectivity index (χ4v) is 7.70. The van der Waals surface area contributed by atoms with Gasteiger partial charge in [0.25, 0.3) is 0 Å². The Morgan fingerprint density at radius 3 is 2.49 bits per heavy atom. The number of halogens is 1. The van der Waals surface area contributed by atoms with Crippen LogP contribution in [0.3, 0.4) is 0 Å². The Balaban J connectivity index is 1.61. The summed E-state index contributed by atoms with van der Waals surface area (Å²) in [5, 5.41) is 21.6. The zero-order valence-corrected chi connectivity index (χ0v) is 21.0. The van der Waals surface area contributed by atoms with Crippen molar-refractivity contribution in [2.24, 2.45) is 0 Å². The molecule has 35 heavy (non-hydrogen) atoms. The van der Waals surface area contributed by atoms with Crippen molar-refractivity contribution in [3.8, 4) is 0 Å². The third kappa shape index (κ3) is 5.92. The van der Waals surface area contributed by atoms with E-state index in [-0.39, 0.29) is 11.2 Å². The van der Waals surface area contributed by atoms with Crippen molar-refractivity contribution in [3.63, 3.8) is 0 Å². The predicted molar refractivity (Wildman–Crippen MR) is 128 cm³/mol. The summed E-state index contributed by atoms with van der Waals surface area (Å²) in [6, 6.07) is 11.6. The van der Waals surface area contributed by atoms with Crippen molar-refractivity contribution in [1.29, 1.82) is 0 Å². The molecule has 0 spiro atoms. The molecule has 0 radical (unpaired) electrons. The average Bonchev–Trinajstić information content (AvgIpc) is 3.28. The minimum atomic E-state index is -4.84. The van der Waals surface area contributed by atoms with E-state index in [1.807, 2.05) is 30.3 Å². The van der Waals surface area contributed by atoms with Crippen molar-refractivity contribution >= 4 is 40.1 Å². The van der Waals surface area contributed by atoms with E-state index in [1.165, 1.54) is 4.57 Å².